The first kappa shape index (κ1) is 15.8. The summed E-state index contributed by atoms with van der Waals surface area (Å²) in [4.78, 5) is 5.90. The molecule has 0 aliphatic heterocycles. The molecule has 0 radical (unpaired) electrons. The van der Waals surface area contributed by atoms with E-state index in [1.165, 1.54) is 12.3 Å². The Bertz CT molecular complexity index is 391. The van der Waals surface area contributed by atoms with E-state index >= 15 is 0 Å². The van der Waals surface area contributed by atoms with Gasteiger partial charge in [-0.2, -0.15) is 13.2 Å². The fraction of sp³-hybridized carbons (Fsp3) is 0.615. The quantitative estimate of drug-likeness (QED) is 0.808. The minimum absolute atomic E-state index is 0.0952. The second-order valence-corrected chi connectivity index (χ2v) is 4.75. The van der Waals surface area contributed by atoms with Crippen LogP contribution in [-0.4, -0.2) is 36.1 Å². The molecule has 0 aromatic carbocycles. The summed E-state index contributed by atoms with van der Waals surface area (Å²) in [6.07, 6.45) is -2.24. The lowest BCUT2D eigenvalue weighted by Gasteiger charge is -2.21. The largest absolute Gasteiger partial charge is 0.419 e. The van der Waals surface area contributed by atoms with Crippen LogP contribution in [-0.2, 0) is 6.18 Å². The van der Waals surface area contributed by atoms with Gasteiger partial charge in [0, 0.05) is 18.8 Å². The van der Waals surface area contributed by atoms with Crippen molar-refractivity contribution in [2.75, 3.05) is 25.5 Å². The van der Waals surface area contributed by atoms with E-state index in [1.807, 2.05) is 7.05 Å². The molecule has 0 atom stereocenters. The average molecular weight is 275 g/mol. The summed E-state index contributed by atoms with van der Waals surface area (Å²) in [5, 5.41) is 2.76. The zero-order valence-electron chi connectivity index (χ0n) is 11.5. The molecule has 6 heteroatoms. The lowest BCUT2D eigenvalue weighted by molar-refractivity contribution is -0.137. The van der Waals surface area contributed by atoms with Gasteiger partial charge < -0.3 is 10.2 Å². The van der Waals surface area contributed by atoms with Gasteiger partial charge in [-0.25, -0.2) is 4.98 Å². The number of alkyl halides is 3. The Morgan fingerprint density at radius 1 is 1.37 bits per heavy atom. The summed E-state index contributed by atoms with van der Waals surface area (Å²) in [7, 11) is 1.99. The van der Waals surface area contributed by atoms with Gasteiger partial charge in [0.15, 0.2) is 0 Å². The van der Waals surface area contributed by atoms with Gasteiger partial charge in [0.25, 0.3) is 0 Å². The topological polar surface area (TPSA) is 28.2 Å². The molecule has 1 heterocycles. The fourth-order valence-electron chi connectivity index (χ4n) is 1.57. The summed E-state index contributed by atoms with van der Waals surface area (Å²) in [6, 6.07) is 2.76. The summed E-state index contributed by atoms with van der Waals surface area (Å²) in [5.74, 6) is -0.0952. The molecule has 3 nitrogen and oxygen atoms in total. The molecule has 1 N–H and O–H groups in total. The minimum atomic E-state index is -4.37. The Kier molecular flexibility index (Phi) is 5.60. The van der Waals surface area contributed by atoms with Crippen LogP contribution in [0.2, 0.25) is 0 Å². The number of nitrogens with zero attached hydrogens (tertiary/aromatic N) is 2. The molecule has 19 heavy (non-hydrogen) atoms. The monoisotopic (exact) mass is 275 g/mol. The van der Waals surface area contributed by atoms with Crippen molar-refractivity contribution in [2.24, 2.45) is 0 Å². The average Bonchev–Trinajstić information content (AvgIpc) is 2.33. The van der Waals surface area contributed by atoms with Crippen LogP contribution in [0.5, 0.6) is 0 Å². The van der Waals surface area contributed by atoms with E-state index < -0.39 is 11.7 Å². The number of nitrogens with one attached hydrogen (secondary N) is 1. The number of rotatable bonds is 6. The molecule has 0 aliphatic carbocycles. The summed E-state index contributed by atoms with van der Waals surface area (Å²) in [6.45, 7) is 5.46. The number of hydrogen-bond acceptors (Lipinski definition) is 3. The van der Waals surface area contributed by atoms with Gasteiger partial charge in [-0.15, -0.1) is 0 Å². The fourth-order valence-corrected chi connectivity index (χ4v) is 1.57. The van der Waals surface area contributed by atoms with Crippen LogP contribution < -0.4 is 5.32 Å². The minimum Gasteiger partial charge on any atom is -0.370 e. The Morgan fingerprint density at radius 3 is 2.63 bits per heavy atom. The molecule has 0 saturated carbocycles. The van der Waals surface area contributed by atoms with Crippen molar-refractivity contribution in [3.8, 4) is 0 Å². The van der Waals surface area contributed by atoms with E-state index in [-0.39, 0.29) is 5.82 Å². The van der Waals surface area contributed by atoms with Gasteiger partial charge in [-0.3, -0.25) is 0 Å². The van der Waals surface area contributed by atoms with Crippen LogP contribution in [0.1, 0.15) is 25.8 Å². The standard InChI is InChI=1S/C13H20F3N3/c1-10(2)19(3)9-5-8-18-12-11(13(14,15)16)6-4-7-17-12/h4,6-7,10H,5,8-9H2,1-3H3,(H,17,18). The van der Waals surface area contributed by atoms with Crippen molar-refractivity contribution < 1.29 is 13.2 Å². The maximum atomic E-state index is 12.7. The highest BCUT2D eigenvalue weighted by Crippen LogP contribution is 2.33. The van der Waals surface area contributed by atoms with Crippen molar-refractivity contribution >= 4 is 5.82 Å². The van der Waals surface area contributed by atoms with Crippen LogP contribution >= 0.6 is 0 Å². The van der Waals surface area contributed by atoms with Crippen molar-refractivity contribution in [1.82, 2.24) is 9.88 Å². The van der Waals surface area contributed by atoms with E-state index in [0.29, 0.717) is 12.6 Å². The molecule has 0 fully saturated rings. The molecule has 1 rings (SSSR count). The number of halogens is 3. The number of aromatic nitrogens is 1. The summed E-state index contributed by atoms with van der Waals surface area (Å²) >= 11 is 0. The molecule has 1 aromatic heterocycles. The molecule has 1 aromatic rings. The van der Waals surface area contributed by atoms with Crippen LogP contribution in [0.3, 0.4) is 0 Å². The Hall–Kier alpha value is -1.30. The van der Waals surface area contributed by atoms with Gasteiger partial charge in [0.05, 0.1) is 5.56 Å². The molecule has 0 saturated heterocycles. The summed E-state index contributed by atoms with van der Waals surface area (Å²) in [5.41, 5.74) is -0.716. The molecule has 0 amide bonds. The highest BCUT2D eigenvalue weighted by Gasteiger charge is 2.33. The molecule has 0 unspecified atom stereocenters. The third-order valence-corrected chi connectivity index (χ3v) is 2.97. The highest BCUT2D eigenvalue weighted by atomic mass is 19.4. The van der Waals surface area contributed by atoms with E-state index in [9.17, 15) is 13.2 Å². The second-order valence-electron chi connectivity index (χ2n) is 4.75. The van der Waals surface area contributed by atoms with Crippen molar-refractivity contribution in [2.45, 2.75) is 32.5 Å². The Morgan fingerprint density at radius 2 is 2.05 bits per heavy atom. The Balaban J connectivity index is 2.50. The molecule has 108 valence electrons. The van der Waals surface area contributed by atoms with Gasteiger partial charge in [0.2, 0.25) is 0 Å². The van der Waals surface area contributed by atoms with Gasteiger partial charge in [-0.05, 0) is 46.0 Å². The van der Waals surface area contributed by atoms with Crippen LogP contribution in [0.25, 0.3) is 0 Å². The molecule has 0 bridgehead atoms. The first-order valence-electron chi connectivity index (χ1n) is 6.28. The van der Waals surface area contributed by atoms with E-state index in [2.05, 4.69) is 29.0 Å². The van der Waals surface area contributed by atoms with Crippen LogP contribution in [0.4, 0.5) is 19.0 Å². The molecular weight excluding hydrogens is 255 g/mol. The molecular formula is C13H20F3N3. The number of hydrogen-bond donors (Lipinski definition) is 1. The SMILES string of the molecule is CC(C)N(C)CCCNc1ncccc1C(F)(F)F. The lowest BCUT2D eigenvalue weighted by Crippen LogP contribution is -2.28. The third kappa shape index (κ3) is 5.06. The van der Waals surface area contributed by atoms with Crippen LogP contribution in [0.15, 0.2) is 18.3 Å². The van der Waals surface area contributed by atoms with E-state index in [1.54, 1.807) is 0 Å². The maximum absolute atomic E-state index is 12.7. The van der Waals surface area contributed by atoms with Crippen molar-refractivity contribution in [3.63, 3.8) is 0 Å². The smallest absolute Gasteiger partial charge is 0.370 e. The van der Waals surface area contributed by atoms with Crippen molar-refractivity contribution in [1.29, 1.82) is 0 Å². The predicted octanol–water partition coefficient (Wildman–Crippen LogP) is 3.24. The number of anilines is 1. The Labute approximate surface area is 111 Å². The first-order chi connectivity index (χ1) is 8.82. The van der Waals surface area contributed by atoms with E-state index in [0.717, 1.165) is 19.0 Å². The van der Waals surface area contributed by atoms with Gasteiger partial charge >= 0.3 is 6.18 Å². The highest BCUT2D eigenvalue weighted by molar-refractivity contribution is 5.45. The first-order valence-corrected chi connectivity index (χ1v) is 6.28. The van der Waals surface area contributed by atoms with Crippen LogP contribution in [0, 0.1) is 0 Å². The third-order valence-electron chi connectivity index (χ3n) is 2.97. The zero-order chi connectivity index (χ0) is 14.5. The summed E-state index contributed by atoms with van der Waals surface area (Å²) < 4.78 is 38.1. The van der Waals surface area contributed by atoms with Gasteiger partial charge in [0.1, 0.15) is 5.82 Å². The lowest BCUT2D eigenvalue weighted by atomic mass is 10.2. The predicted molar refractivity (Wildman–Crippen MR) is 70.1 cm³/mol. The zero-order valence-corrected chi connectivity index (χ0v) is 11.5. The normalized spacial score (nSPS) is 12.2. The van der Waals surface area contributed by atoms with Crippen molar-refractivity contribution in [3.05, 3.63) is 23.9 Å². The van der Waals surface area contributed by atoms with Gasteiger partial charge in [-0.1, -0.05) is 0 Å². The van der Waals surface area contributed by atoms with E-state index in [4.69, 9.17) is 0 Å². The maximum Gasteiger partial charge on any atom is 0.419 e. The molecule has 0 spiro atoms. The molecule has 0 aliphatic rings. The second kappa shape index (κ2) is 6.75. The number of pyridine rings is 1.